The summed E-state index contributed by atoms with van der Waals surface area (Å²) in [7, 11) is 1.76. The van der Waals surface area contributed by atoms with Gasteiger partial charge in [-0.15, -0.1) is 24.0 Å². The first kappa shape index (κ1) is 24.6. The highest BCUT2D eigenvalue weighted by Gasteiger charge is 2.28. The molecule has 0 aliphatic carbocycles. The fraction of sp³-hybridized carbons (Fsp3) is 0.600. The summed E-state index contributed by atoms with van der Waals surface area (Å²) in [6.07, 6.45) is 0. The molecule has 7 nitrogen and oxygen atoms in total. The smallest absolute Gasteiger partial charge is 0.338 e. The van der Waals surface area contributed by atoms with E-state index in [1.807, 2.05) is 12.1 Å². The normalized spacial score (nSPS) is 15.5. The molecular formula is C20H33IN4O3. The van der Waals surface area contributed by atoms with Crippen molar-refractivity contribution in [1.29, 1.82) is 0 Å². The van der Waals surface area contributed by atoms with E-state index in [-0.39, 0.29) is 35.5 Å². The number of carbonyl (C=O) groups is 1. The van der Waals surface area contributed by atoms with Gasteiger partial charge >= 0.3 is 5.97 Å². The summed E-state index contributed by atoms with van der Waals surface area (Å²) in [5, 5.41) is 6.72. The molecule has 0 saturated carbocycles. The topological polar surface area (TPSA) is 75.2 Å². The van der Waals surface area contributed by atoms with Crippen molar-refractivity contribution in [2.45, 2.75) is 32.9 Å². The van der Waals surface area contributed by atoms with Crippen molar-refractivity contribution in [1.82, 2.24) is 15.5 Å². The molecule has 0 amide bonds. The number of nitrogens with zero attached hydrogens (tertiary/aromatic N) is 2. The Morgan fingerprint density at radius 1 is 1.21 bits per heavy atom. The van der Waals surface area contributed by atoms with Crippen LogP contribution < -0.4 is 10.6 Å². The minimum atomic E-state index is -0.292. The van der Waals surface area contributed by atoms with Gasteiger partial charge in [0.2, 0.25) is 0 Å². The fourth-order valence-electron chi connectivity index (χ4n) is 2.96. The van der Waals surface area contributed by atoms with Crippen LogP contribution in [0.4, 0.5) is 0 Å². The Morgan fingerprint density at radius 3 is 2.43 bits per heavy atom. The van der Waals surface area contributed by atoms with Gasteiger partial charge in [-0.2, -0.15) is 0 Å². The van der Waals surface area contributed by atoms with E-state index in [0.29, 0.717) is 18.7 Å². The standard InChI is InChI=1S/C20H32N4O3.HI/c1-5-27-18(25)17-8-6-16(7-9-17)14-22-19(21-4)23-15-20(2,3)24-10-12-26-13-11-24;/h6-9H,5,10-15H2,1-4H3,(H2,21,22,23);1H. The Kier molecular flexibility index (Phi) is 10.8. The first-order valence-electron chi connectivity index (χ1n) is 9.49. The lowest BCUT2D eigenvalue weighted by molar-refractivity contribution is -0.00834. The summed E-state index contributed by atoms with van der Waals surface area (Å²) < 4.78 is 10.4. The molecule has 2 N–H and O–H groups in total. The van der Waals surface area contributed by atoms with Crippen LogP contribution in [0.1, 0.15) is 36.7 Å². The lowest BCUT2D eigenvalue weighted by Crippen LogP contribution is -2.56. The van der Waals surface area contributed by atoms with Gasteiger partial charge in [-0.25, -0.2) is 4.79 Å². The molecule has 0 unspecified atom stereocenters. The molecule has 1 fully saturated rings. The van der Waals surface area contributed by atoms with Crippen LogP contribution in [-0.4, -0.2) is 68.9 Å². The molecule has 158 valence electrons. The number of halogens is 1. The van der Waals surface area contributed by atoms with Crippen molar-refractivity contribution < 1.29 is 14.3 Å². The second-order valence-electron chi connectivity index (χ2n) is 7.11. The van der Waals surface area contributed by atoms with Crippen LogP contribution in [0, 0.1) is 0 Å². The van der Waals surface area contributed by atoms with Crippen LogP contribution >= 0.6 is 24.0 Å². The molecule has 0 bridgehead atoms. The van der Waals surface area contributed by atoms with Gasteiger partial charge in [0.05, 0.1) is 25.4 Å². The molecule has 1 aromatic rings. The molecule has 1 aliphatic heterocycles. The molecule has 28 heavy (non-hydrogen) atoms. The van der Waals surface area contributed by atoms with Crippen LogP contribution in [0.2, 0.25) is 0 Å². The zero-order valence-electron chi connectivity index (χ0n) is 17.3. The van der Waals surface area contributed by atoms with Crippen molar-refractivity contribution in [2.24, 2.45) is 4.99 Å². The van der Waals surface area contributed by atoms with Crippen molar-refractivity contribution in [3.63, 3.8) is 0 Å². The quantitative estimate of drug-likeness (QED) is 0.257. The molecule has 1 saturated heterocycles. The fourth-order valence-corrected chi connectivity index (χ4v) is 2.96. The van der Waals surface area contributed by atoms with Crippen LogP contribution in [0.15, 0.2) is 29.3 Å². The Labute approximate surface area is 185 Å². The van der Waals surface area contributed by atoms with Gasteiger partial charge in [-0.05, 0) is 38.5 Å². The van der Waals surface area contributed by atoms with Crippen molar-refractivity contribution in [2.75, 3.05) is 46.5 Å². The van der Waals surface area contributed by atoms with E-state index >= 15 is 0 Å². The van der Waals surface area contributed by atoms with E-state index in [1.54, 1.807) is 26.1 Å². The van der Waals surface area contributed by atoms with Crippen molar-refractivity contribution in [3.05, 3.63) is 35.4 Å². The third-order valence-electron chi connectivity index (χ3n) is 4.70. The lowest BCUT2D eigenvalue weighted by atomic mass is 10.0. The van der Waals surface area contributed by atoms with E-state index < -0.39 is 0 Å². The summed E-state index contributed by atoms with van der Waals surface area (Å²) in [4.78, 5) is 18.4. The Bertz CT molecular complexity index is 629. The van der Waals surface area contributed by atoms with Crippen LogP contribution in [0.5, 0.6) is 0 Å². The number of rotatable bonds is 7. The molecule has 8 heteroatoms. The predicted molar refractivity (Wildman–Crippen MR) is 122 cm³/mol. The zero-order chi connectivity index (χ0) is 19.7. The molecule has 1 aliphatic rings. The van der Waals surface area contributed by atoms with Gasteiger partial charge in [0.1, 0.15) is 0 Å². The molecule has 1 aromatic carbocycles. The number of esters is 1. The van der Waals surface area contributed by atoms with Gasteiger partial charge in [-0.3, -0.25) is 9.89 Å². The molecule has 0 spiro atoms. The Hall–Kier alpha value is -1.39. The zero-order valence-corrected chi connectivity index (χ0v) is 19.6. The third-order valence-corrected chi connectivity index (χ3v) is 4.70. The Balaban J connectivity index is 0.00000392. The van der Waals surface area contributed by atoms with Gasteiger partial charge in [0.15, 0.2) is 5.96 Å². The monoisotopic (exact) mass is 504 g/mol. The number of benzene rings is 1. The number of hydrogen-bond acceptors (Lipinski definition) is 5. The summed E-state index contributed by atoms with van der Waals surface area (Å²) in [6, 6.07) is 7.41. The maximum Gasteiger partial charge on any atom is 0.338 e. The first-order chi connectivity index (χ1) is 13.0. The van der Waals surface area contributed by atoms with E-state index in [0.717, 1.165) is 44.4 Å². The largest absolute Gasteiger partial charge is 0.462 e. The highest BCUT2D eigenvalue weighted by molar-refractivity contribution is 14.0. The van der Waals surface area contributed by atoms with Crippen LogP contribution in [-0.2, 0) is 16.0 Å². The van der Waals surface area contributed by atoms with Gasteiger partial charge in [0.25, 0.3) is 0 Å². The van der Waals surface area contributed by atoms with Crippen molar-refractivity contribution >= 4 is 35.9 Å². The van der Waals surface area contributed by atoms with Gasteiger partial charge in [-0.1, -0.05) is 12.1 Å². The number of carbonyl (C=O) groups excluding carboxylic acids is 1. The average Bonchev–Trinajstić information content (AvgIpc) is 2.69. The highest BCUT2D eigenvalue weighted by atomic mass is 127. The van der Waals surface area contributed by atoms with E-state index in [4.69, 9.17) is 9.47 Å². The summed E-state index contributed by atoms with van der Waals surface area (Å²) >= 11 is 0. The predicted octanol–water partition coefficient (Wildman–Crippen LogP) is 2.26. The summed E-state index contributed by atoms with van der Waals surface area (Å²) in [6.45, 7) is 11.5. The number of morpholine rings is 1. The first-order valence-corrected chi connectivity index (χ1v) is 9.49. The SMILES string of the molecule is CCOC(=O)c1ccc(CNC(=NC)NCC(C)(C)N2CCOCC2)cc1.I. The molecule has 0 aromatic heterocycles. The second-order valence-corrected chi connectivity index (χ2v) is 7.11. The highest BCUT2D eigenvalue weighted by Crippen LogP contribution is 2.15. The molecule has 0 atom stereocenters. The van der Waals surface area contributed by atoms with E-state index in [2.05, 4.69) is 34.4 Å². The maximum atomic E-state index is 11.7. The van der Waals surface area contributed by atoms with Gasteiger partial charge in [0, 0.05) is 38.8 Å². The average molecular weight is 504 g/mol. The number of hydrogen-bond donors (Lipinski definition) is 2. The number of guanidine groups is 1. The maximum absolute atomic E-state index is 11.7. The third kappa shape index (κ3) is 7.56. The number of nitrogens with one attached hydrogen (secondary N) is 2. The minimum absolute atomic E-state index is 0. The number of ether oxygens (including phenoxy) is 2. The second kappa shape index (κ2) is 12.2. The lowest BCUT2D eigenvalue weighted by Gasteiger charge is -2.41. The van der Waals surface area contributed by atoms with Crippen LogP contribution in [0.25, 0.3) is 0 Å². The van der Waals surface area contributed by atoms with E-state index in [1.165, 1.54) is 0 Å². The number of aliphatic imine (C=N–C) groups is 1. The van der Waals surface area contributed by atoms with Crippen LogP contribution in [0.3, 0.4) is 0 Å². The molecule has 1 heterocycles. The Morgan fingerprint density at radius 2 is 1.86 bits per heavy atom. The van der Waals surface area contributed by atoms with Crippen molar-refractivity contribution in [3.8, 4) is 0 Å². The molecule has 2 rings (SSSR count). The minimum Gasteiger partial charge on any atom is -0.462 e. The molecule has 0 radical (unpaired) electrons. The van der Waals surface area contributed by atoms with Gasteiger partial charge < -0.3 is 20.1 Å². The molecular weight excluding hydrogens is 471 g/mol. The summed E-state index contributed by atoms with van der Waals surface area (Å²) in [5.74, 6) is 0.464. The van der Waals surface area contributed by atoms with E-state index in [9.17, 15) is 4.79 Å². The summed E-state index contributed by atoms with van der Waals surface area (Å²) in [5.41, 5.74) is 1.65.